The first kappa shape index (κ1) is 16.2. The average Bonchev–Trinajstić information content (AvgIpc) is 3.16. The van der Waals surface area contributed by atoms with Crippen LogP contribution in [0.2, 0.25) is 0 Å². The van der Waals surface area contributed by atoms with Crippen molar-refractivity contribution in [1.82, 2.24) is 20.4 Å². The molecule has 0 bridgehead atoms. The summed E-state index contributed by atoms with van der Waals surface area (Å²) in [7, 11) is 0. The van der Waals surface area contributed by atoms with Gasteiger partial charge in [0.2, 0.25) is 0 Å². The van der Waals surface area contributed by atoms with Crippen molar-refractivity contribution >= 4 is 17.3 Å². The van der Waals surface area contributed by atoms with E-state index in [2.05, 4.69) is 46.9 Å². The third-order valence-electron chi connectivity index (χ3n) is 3.81. The summed E-state index contributed by atoms with van der Waals surface area (Å²) < 4.78 is 1.84. The molecule has 2 aromatic carbocycles. The fraction of sp³-hybridized carbons (Fsp3) is 0.158. The molecule has 0 radical (unpaired) electrons. The maximum absolute atomic E-state index is 5.38. The first-order chi connectivity index (χ1) is 11.7. The molecule has 0 saturated heterocycles. The molecule has 0 aliphatic carbocycles. The smallest absolute Gasteiger partial charge is 0.167 e. The summed E-state index contributed by atoms with van der Waals surface area (Å²) in [6, 6.07) is 20.6. The van der Waals surface area contributed by atoms with Crippen molar-refractivity contribution < 1.29 is 0 Å². The zero-order chi connectivity index (χ0) is 16.8. The Morgan fingerprint density at radius 3 is 2.50 bits per heavy atom. The maximum atomic E-state index is 5.38. The maximum Gasteiger partial charge on any atom is 0.167 e. The van der Waals surface area contributed by atoms with E-state index in [-0.39, 0.29) is 6.04 Å². The van der Waals surface area contributed by atoms with Crippen molar-refractivity contribution in [2.24, 2.45) is 0 Å². The molecule has 3 rings (SSSR count). The normalized spacial score (nSPS) is 11.7. The third kappa shape index (κ3) is 4.20. The molecular formula is C19H20N4S. The summed E-state index contributed by atoms with van der Waals surface area (Å²) >= 11 is 5.38. The lowest BCUT2D eigenvalue weighted by atomic mass is 10.1. The Labute approximate surface area is 147 Å². The van der Waals surface area contributed by atoms with Gasteiger partial charge in [-0.3, -0.25) is 0 Å². The molecule has 0 saturated carbocycles. The predicted octanol–water partition coefficient (Wildman–Crippen LogP) is 3.60. The van der Waals surface area contributed by atoms with Crippen LogP contribution in [0.5, 0.6) is 0 Å². The lowest BCUT2D eigenvalue weighted by Gasteiger charge is -2.17. The number of nitrogens with one attached hydrogen (secondary N) is 2. The molecule has 0 aliphatic heterocycles. The Morgan fingerprint density at radius 2 is 1.83 bits per heavy atom. The summed E-state index contributed by atoms with van der Waals surface area (Å²) in [5, 5.41) is 11.4. The average molecular weight is 336 g/mol. The molecule has 1 atom stereocenters. The van der Waals surface area contributed by atoms with E-state index in [9.17, 15) is 0 Å². The van der Waals surface area contributed by atoms with Crippen molar-refractivity contribution in [1.29, 1.82) is 0 Å². The van der Waals surface area contributed by atoms with Crippen LogP contribution in [0, 0.1) is 0 Å². The summed E-state index contributed by atoms with van der Waals surface area (Å²) in [5.74, 6) is 0. The fourth-order valence-corrected chi connectivity index (χ4v) is 2.69. The van der Waals surface area contributed by atoms with Gasteiger partial charge < -0.3 is 10.6 Å². The van der Waals surface area contributed by atoms with E-state index in [4.69, 9.17) is 12.2 Å². The summed E-state index contributed by atoms with van der Waals surface area (Å²) in [5.41, 5.74) is 3.43. The highest BCUT2D eigenvalue weighted by Gasteiger charge is 2.06. The van der Waals surface area contributed by atoms with E-state index in [1.54, 1.807) is 6.20 Å². The SMILES string of the molecule is CC(NC(=S)NCc1ccc(-n2cccn2)cc1)c1ccccc1. The van der Waals surface area contributed by atoms with Crippen molar-refractivity contribution in [3.8, 4) is 5.69 Å². The lowest BCUT2D eigenvalue weighted by molar-refractivity contribution is 0.698. The largest absolute Gasteiger partial charge is 0.359 e. The van der Waals surface area contributed by atoms with Gasteiger partial charge in [-0.2, -0.15) is 5.10 Å². The van der Waals surface area contributed by atoms with Gasteiger partial charge in [-0.1, -0.05) is 42.5 Å². The Morgan fingerprint density at radius 1 is 1.08 bits per heavy atom. The number of thiocarbonyl (C=S) groups is 1. The first-order valence-electron chi connectivity index (χ1n) is 7.90. The van der Waals surface area contributed by atoms with Crippen LogP contribution in [0.1, 0.15) is 24.1 Å². The quantitative estimate of drug-likeness (QED) is 0.699. The molecule has 24 heavy (non-hydrogen) atoms. The molecule has 0 fully saturated rings. The molecule has 3 aromatic rings. The minimum absolute atomic E-state index is 0.174. The molecule has 122 valence electrons. The van der Waals surface area contributed by atoms with Crippen molar-refractivity contribution in [3.63, 3.8) is 0 Å². The molecule has 0 aliphatic rings. The van der Waals surface area contributed by atoms with Crippen molar-refractivity contribution in [3.05, 3.63) is 84.2 Å². The van der Waals surface area contributed by atoms with Crippen LogP contribution >= 0.6 is 12.2 Å². The molecule has 1 unspecified atom stereocenters. The highest BCUT2D eigenvalue weighted by molar-refractivity contribution is 7.80. The van der Waals surface area contributed by atoms with Gasteiger partial charge in [0, 0.05) is 18.9 Å². The second-order valence-corrected chi connectivity index (χ2v) is 5.98. The lowest BCUT2D eigenvalue weighted by Crippen LogP contribution is -2.36. The van der Waals surface area contributed by atoms with Crippen molar-refractivity contribution in [2.45, 2.75) is 19.5 Å². The highest BCUT2D eigenvalue weighted by Crippen LogP contribution is 2.11. The van der Waals surface area contributed by atoms with E-state index >= 15 is 0 Å². The third-order valence-corrected chi connectivity index (χ3v) is 4.07. The zero-order valence-corrected chi connectivity index (χ0v) is 14.3. The van der Waals surface area contributed by atoms with Gasteiger partial charge in [0.15, 0.2) is 5.11 Å². The second kappa shape index (κ2) is 7.75. The Kier molecular flexibility index (Phi) is 5.23. The minimum Gasteiger partial charge on any atom is -0.359 e. The fourth-order valence-electron chi connectivity index (χ4n) is 2.44. The van der Waals surface area contributed by atoms with E-state index in [1.807, 2.05) is 47.3 Å². The number of benzene rings is 2. The first-order valence-corrected chi connectivity index (χ1v) is 8.31. The molecule has 4 nitrogen and oxygen atoms in total. The Hall–Kier alpha value is -2.66. The van der Waals surface area contributed by atoms with Gasteiger partial charge >= 0.3 is 0 Å². The molecule has 1 aromatic heterocycles. The van der Waals surface area contributed by atoms with Crippen LogP contribution in [0.15, 0.2) is 73.1 Å². The minimum atomic E-state index is 0.174. The molecule has 1 heterocycles. The number of rotatable bonds is 5. The van der Waals surface area contributed by atoms with Gasteiger partial charge in [-0.15, -0.1) is 0 Å². The van der Waals surface area contributed by atoms with Gasteiger partial charge in [-0.05, 0) is 48.5 Å². The summed E-state index contributed by atoms with van der Waals surface area (Å²) in [4.78, 5) is 0. The van der Waals surface area contributed by atoms with E-state index < -0.39 is 0 Å². The van der Waals surface area contributed by atoms with Crippen LogP contribution in [0.25, 0.3) is 5.69 Å². The molecule has 5 heteroatoms. The van der Waals surface area contributed by atoms with Crippen LogP contribution in [-0.2, 0) is 6.54 Å². The predicted molar refractivity (Wildman–Crippen MR) is 101 cm³/mol. The number of hydrogen-bond acceptors (Lipinski definition) is 2. The van der Waals surface area contributed by atoms with E-state index in [0.717, 1.165) is 5.69 Å². The van der Waals surface area contributed by atoms with Crippen LogP contribution in [0.3, 0.4) is 0 Å². The zero-order valence-electron chi connectivity index (χ0n) is 13.5. The Balaban J connectivity index is 1.51. The van der Waals surface area contributed by atoms with Gasteiger partial charge in [0.25, 0.3) is 0 Å². The number of hydrogen-bond donors (Lipinski definition) is 2. The monoisotopic (exact) mass is 336 g/mol. The molecule has 0 spiro atoms. The second-order valence-electron chi connectivity index (χ2n) is 5.58. The molecule has 0 amide bonds. The standard InChI is InChI=1S/C19H20N4S/c1-15(17-6-3-2-4-7-17)22-19(24)20-14-16-8-10-18(11-9-16)23-13-5-12-21-23/h2-13,15H,14H2,1H3,(H2,20,22,24). The molecular weight excluding hydrogens is 316 g/mol. The topological polar surface area (TPSA) is 41.9 Å². The van der Waals surface area contributed by atoms with Crippen LogP contribution in [-0.4, -0.2) is 14.9 Å². The van der Waals surface area contributed by atoms with Crippen LogP contribution in [0.4, 0.5) is 0 Å². The van der Waals surface area contributed by atoms with Gasteiger partial charge in [-0.25, -0.2) is 4.68 Å². The highest BCUT2D eigenvalue weighted by atomic mass is 32.1. The Bertz CT molecular complexity index is 767. The summed E-state index contributed by atoms with van der Waals surface area (Å²) in [6.07, 6.45) is 3.70. The van der Waals surface area contributed by atoms with Gasteiger partial charge in [0.05, 0.1) is 11.7 Å². The van der Waals surface area contributed by atoms with Crippen LogP contribution < -0.4 is 10.6 Å². The summed E-state index contributed by atoms with van der Waals surface area (Å²) in [6.45, 7) is 2.79. The van der Waals surface area contributed by atoms with Gasteiger partial charge in [0.1, 0.15) is 0 Å². The molecule has 2 N–H and O–H groups in total. The van der Waals surface area contributed by atoms with Crippen molar-refractivity contribution in [2.75, 3.05) is 0 Å². The number of nitrogens with zero attached hydrogens (tertiary/aromatic N) is 2. The van der Waals surface area contributed by atoms with E-state index in [0.29, 0.717) is 11.7 Å². The number of aromatic nitrogens is 2. The van der Waals surface area contributed by atoms with E-state index in [1.165, 1.54) is 11.1 Å².